The van der Waals surface area contributed by atoms with E-state index >= 15 is 0 Å². The summed E-state index contributed by atoms with van der Waals surface area (Å²) in [7, 11) is 0. The van der Waals surface area contributed by atoms with E-state index in [-0.39, 0.29) is 24.5 Å². The molecule has 1 N–H and O–H groups in total. The molecule has 1 aliphatic heterocycles. The molecule has 2 amide bonds. The van der Waals surface area contributed by atoms with Crippen LogP contribution in [0.1, 0.15) is 65.4 Å². The molecule has 1 heterocycles. The Morgan fingerprint density at radius 2 is 1.81 bits per heavy atom. The van der Waals surface area contributed by atoms with Crippen molar-refractivity contribution >= 4 is 18.0 Å². The van der Waals surface area contributed by atoms with E-state index in [9.17, 15) is 14.4 Å². The van der Waals surface area contributed by atoms with Crippen LogP contribution in [0.3, 0.4) is 0 Å². The Bertz CT molecular complexity index is 789. The first-order valence-corrected chi connectivity index (χ1v) is 11.2. The minimum Gasteiger partial charge on any atom is -0.458 e. The van der Waals surface area contributed by atoms with E-state index in [1.165, 1.54) is 0 Å². The number of likely N-dealkylation sites (tertiary alicyclic amines) is 1. The minimum absolute atomic E-state index is 0.0170. The lowest BCUT2D eigenvalue weighted by atomic mass is 9.84. The Labute approximate surface area is 184 Å². The maximum atomic E-state index is 13.3. The van der Waals surface area contributed by atoms with Gasteiger partial charge in [-0.25, -0.2) is 9.59 Å². The second-order valence-corrected chi connectivity index (χ2v) is 9.57. The fraction of sp³-hybridized carbons (Fsp3) is 0.625. The fourth-order valence-corrected chi connectivity index (χ4v) is 4.58. The molecular formula is C24H34N2O5. The van der Waals surface area contributed by atoms with Crippen LogP contribution in [-0.4, -0.2) is 46.6 Å². The molecule has 1 aromatic rings. The smallest absolute Gasteiger partial charge is 0.408 e. The third-order valence-corrected chi connectivity index (χ3v) is 5.94. The van der Waals surface area contributed by atoms with Gasteiger partial charge in [0.25, 0.3) is 0 Å². The van der Waals surface area contributed by atoms with E-state index in [1.807, 2.05) is 51.1 Å². The lowest BCUT2D eigenvalue weighted by Crippen LogP contribution is -2.54. The zero-order valence-electron chi connectivity index (χ0n) is 18.9. The number of nitrogens with one attached hydrogen (secondary N) is 1. The van der Waals surface area contributed by atoms with Crippen LogP contribution in [-0.2, 0) is 25.7 Å². The van der Waals surface area contributed by atoms with Crippen LogP contribution < -0.4 is 5.32 Å². The number of hydrogen-bond acceptors (Lipinski definition) is 5. The van der Waals surface area contributed by atoms with E-state index < -0.39 is 23.8 Å². The van der Waals surface area contributed by atoms with Crippen LogP contribution in [0.25, 0.3) is 0 Å². The molecule has 0 spiro atoms. The average molecular weight is 431 g/mol. The van der Waals surface area contributed by atoms with Crippen LogP contribution in [0.2, 0.25) is 0 Å². The summed E-state index contributed by atoms with van der Waals surface area (Å²) in [5.41, 5.74) is 0.246. The Morgan fingerprint density at radius 3 is 2.48 bits per heavy atom. The van der Waals surface area contributed by atoms with Gasteiger partial charge >= 0.3 is 12.1 Å². The van der Waals surface area contributed by atoms with Crippen molar-refractivity contribution in [3.63, 3.8) is 0 Å². The van der Waals surface area contributed by atoms with E-state index in [4.69, 9.17) is 9.47 Å². The standard InChI is InChI=1S/C24H34N2O5/c1-16(25-23(29)30-15-17-10-6-5-7-11-17)21(27)26-19-13-9-8-12-18(19)14-20(26)22(28)31-24(2,3)4/h5-7,10-11,16,18-20H,8-9,12-15H2,1-4H3,(H,25,29)/t16-,18+,19-,20-/m0/s1. The summed E-state index contributed by atoms with van der Waals surface area (Å²) >= 11 is 0. The second kappa shape index (κ2) is 9.71. The van der Waals surface area contributed by atoms with Gasteiger partial charge in [0.2, 0.25) is 5.91 Å². The molecule has 1 saturated heterocycles. The first-order valence-electron chi connectivity index (χ1n) is 11.2. The molecule has 1 saturated carbocycles. The topological polar surface area (TPSA) is 84.9 Å². The number of amides is 2. The number of ether oxygens (including phenoxy) is 2. The monoisotopic (exact) mass is 430 g/mol. The molecule has 0 aromatic heterocycles. The van der Waals surface area contributed by atoms with E-state index in [2.05, 4.69) is 5.32 Å². The first kappa shape index (κ1) is 23.1. The molecule has 0 bridgehead atoms. The van der Waals surface area contributed by atoms with Crippen molar-refractivity contribution in [1.82, 2.24) is 10.2 Å². The lowest BCUT2D eigenvalue weighted by Gasteiger charge is -2.35. The first-order chi connectivity index (χ1) is 14.7. The Kier molecular flexibility index (Phi) is 7.23. The van der Waals surface area contributed by atoms with Gasteiger partial charge in [0, 0.05) is 6.04 Å². The molecular weight excluding hydrogens is 396 g/mol. The van der Waals surface area contributed by atoms with E-state index in [0.29, 0.717) is 12.3 Å². The normalized spacial score (nSPS) is 24.1. The molecule has 1 aliphatic carbocycles. The maximum Gasteiger partial charge on any atom is 0.408 e. The van der Waals surface area contributed by atoms with Gasteiger partial charge in [0.05, 0.1) is 0 Å². The summed E-state index contributed by atoms with van der Waals surface area (Å²) in [6.07, 6.45) is 4.00. The molecule has 0 unspecified atom stereocenters. The van der Waals surface area contributed by atoms with Crippen molar-refractivity contribution in [1.29, 1.82) is 0 Å². The number of benzene rings is 1. The van der Waals surface area contributed by atoms with Crippen LogP contribution >= 0.6 is 0 Å². The third kappa shape index (κ3) is 5.99. The molecule has 7 nitrogen and oxygen atoms in total. The number of carbonyl (C=O) groups is 3. The molecule has 0 radical (unpaired) electrons. The zero-order chi connectivity index (χ0) is 22.6. The molecule has 3 rings (SSSR count). The molecule has 7 heteroatoms. The summed E-state index contributed by atoms with van der Waals surface area (Å²) in [6.45, 7) is 7.24. The van der Waals surface area contributed by atoms with Gasteiger partial charge in [-0.2, -0.15) is 0 Å². The van der Waals surface area contributed by atoms with Crippen LogP contribution in [0.15, 0.2) is 30.3 Å². The SMILES string of the molecule is C[C@H](NC(=O)OCc1ccccc1)C(=O)N1[C@H](C(=O)OC(C)(C)C)C[C@H]2CCCC[C@@H]21. The summed E-state index contributed by atoms with van der Waals surface area (Å²) in [6, 6.07) is 7.96. The van der Waals surface area contributed by atoms with Gasteiger partial charge in [-0.3, -0.25) is 4.79 Å². The van der Waals surface area contributed by atoms with E-state index in [1.54, 1.807) is 11.8 Å². The zero-order valence-corrected chi connectivity index (χ0v) is 18.9. The highest BCUT2D eigenvalue weighted by Gasteiger charge is 2.49. The number of hydrogen-bond donors (Lipinski definition) is 1. The van der Waals surface area contributed by atoms with Gasteiger partial charge in [-0.1, -0.05) is 43.2 Å². The summed E-state index contributed by atoms with van der Waals surface area (Å²) in [4.78, 5) is 40.2. The highest BCUT2D eigenvalue weighted by atomic mass is 16.6. The fourth-order valence-electron chi connectivity index (χ4n) is 4.58. The maximum absolute atomic E-state index is 13.3. The van der Waals surface area contributed by atoms with Crippen molar-refractivity contribution in [2.75, 3.05) is 0 Å². The Hall–Kier alpha value is -2.57. The molecule has 2 aliphatic rings. The number of alkyl carbamates (subject to hydrolysis) is 1. The Morgan fingerprint density at radius 1 is 1.13 bits per heavy atom. The number of carbonyl (C=O) groups excluding carboxylic acids is 3. The molecule has 1 aromatic carbocycles. The largest absolute Gasteiger partial charge is 0.458 e. The van der Waals surface area contributed by atoms with Crippen LogP contribution in [0, 0.1) is 5.92 Å². The minimum atomic E-state index is -0.797. The van der Waals surface area contributed by atoms with Gasteiger partial charge in [0.15, 0.2) is 0 Å². The molecule has 4 atom stereocenters. The van der Waals surface area contributed by atoms with Gasteiger partial charge in [-0.05, 0) is 58.4 Å². The number of rotatable bonds is 5. The van der Waals surface area contributed by atoms with Crippen LogP contribution in [0.5, 0.6) is 0 Å². The van der Waals surface area contributed by atoms with Gasteiger partial charge < -0.3 is 19.7 Å². The number of nitrogens with zero attached hydrogens (tertiary/aromatic N) is 1. The predicted molar refractivity (Wildman–Crippen MR) is 116 cm³/mol. The third-order valence-electron chi connectivity index (χ3n) is 5.94. The highest BCUT2D eigenvalue weighted by molar-refractivity contribution is 5.90. The van der Waals surface area contributed by atoms with Crippen molar-refractivity contribution in [3.05, 3.63) is 35.9 Å². The number of esters is 1. The summed E-state index contributed by atoms with van der Waals surface area (Å²) in [5.74, 6) is -0.330. The summed E-state index contributed by atoms with van der Waals surface area (Å²) < 4.78 is 10.9. The van der Waals surface area contributed by atoms with Crippen molar-refractivity contribution in [3.8, 4) is 0 Å². The van der Waals surface area contributed by atoms with Crippen molar-refractivity contribution in [2.24, 2.45) is 5.92 Å². The molecule has 2 fully saturated rings. The lowest BCUT2D eigenvalue weighted by molar-refractivity contribution is -0.164. The van der Waals surface area contributed by atoms with Crippen molar-refractivity contribution < 1.29 is 23.9 Å². The highest BCUT2D eigenvalue weighted by Crippen LogP contribution is 2.40. The second-order valence-electron chi connectivity index (χ2n) is 9.57. The Balaban J connectivity index is 1.65. The van der Waals surface area contributed by atoms with E-state index in [0.717, 1.165) is 31.2 Å². The summed E-state index contributed by atoms with van der Waals surface area (Å²) in [5, 5.41) is 2.63. The average Bonchev–Trinajstić information content (AvgIpc) is 3.11. The molecule has 170 valence electrons. The predicted octanol–water partition coefficient (Wildman–Crippen LogP) is 3.80. The van der Waals surface area contributed by atoms with Gasteiger partial charge in [-0.15, -0.1) is 0 Å². The number of fused-ring (bicyclic) bond motifs is 1. The molecule has 31 heavy (non-hydrogen) atoms. The van der Waals surface area contributed by atoms with Gasteiger partial charge in [0.1, 0.15) is 24.3 Å². The van der Waals surface area contributed by atoms with Crippen LogP contribution in [0.4, 0.5) is 4.79 Å². The quantitative estimate of drug-likeness (QED) is 0.718. The van der Waals surface area contributed by atoms with Crippen molar-refractivity contribution in [2.45, 2.75) is 90.1 Å².